The summed E-state index contributed by atoms with van der Waals surface area (Å²) in [4.78, 5) is 33.1. The van der Waals surface area contributed by atoms with Crippen molar-refractivity contribution >= 4 is 33.7 Å². The zero-order valence-corrected chi connectivity index (χ0v) is 18.4. The lowest BCUT2D eigenvalue weighted by atomic mass is 10.0. The van der Waals surface area contributed by atoms with Crippen LogP contribution in [0.25, 0.3) is 0 Å². The van der Waals surface area contributed by atoms with Gasteiger partial charge in [0, 0.05) is 21.6 Å². The molecule has 0 radical (unpaired) electrons. The molecule has 4 rings (SSSR count). The molecule has 1 amide bonds. The summed E-state index contributed by atoms with van der Waals surface area (Å²) in [6.45, 7) is 1.93. The average Bonchev–Trinajstić information content (AvgIpc) is 3.13. The highest BCUT2D eigenvalue weighted by Gasteiger charge is 2.29. The molecule has 0 spiro atoms. The largest absolute Gasteiger partial charge is 0.497 e. The number of nitrogens with zero attached hydrogens (tertiary/aromatic N) is 2. The number of ketones is 1. The lowest BCUT2D eigenvalue weighted by Gasteiger charge is -2.19. The second-order valence-corrected chi connectivity index (χ2v) is 8.34. The van der Waals surface area contributed by atoms with Crippen LogP contribution in [-0.4, -0.2) is 44.7 Å². The van der Waals surface area contributed by atoms with E-state index in [0.29, 0.717) is 11.3 Å². The number of benzene rings is 2. The SMILES string of the molecule is COc1ccc(C(=O)CN2C(=O)CN=C(c3ccc(OC)cc3)c3cc(C)sc32)cc1. The minimum absolute atomic E-state index is 0.0162. The Morgan fingerprint density at radius 3 is 2.26 bits per heavy atom. The molecule has 0 N–H and O–H groups in total. The van der Waals surface area contributed by atoms with E-state index < -0.39 is 0 Å². The predicted octanol–water partition coefficient (Wildman–Crippen LogP) is 4.14. The summed E-state index contributed by atoms with van der Waals surface area (Å²) >= 11 is 1.49. The van der Waals surface area contributed by atoms with Crippen LogP contribution in [0.4, 0.5) is 5.00 Å². The van der Waals surface area contributed by atoms with E-state index in [9.17, 15) is 9.59 Å². The van der Waals surface area contributed by atoms with E-state index in [1.165, 1.54) is 11.3 Å². The highest BCUT2D eigenvalue weighted by atomic mass is 32.1. The topological polar surface area (TPSA) is 68.2 Å². The lowest BCUT2D eigenvalue weighted by molar-refractivity contribution is -0.117. The number of hydrogen-bond acceptors (Lipinski definition) is 6. The van der Waals surface area contributed by atoms with Crippen molar-refractivity contribution in [3.63, 3.8) is 0 Å². The number of aryl methyl sites for hydroxylation is 1. The number of fused-ring (bicyclic) bond motifs is 1. The quantitative estimate of drug-likeness (QED) is 0.547. The van der Waals surface area contributed by atoms with Crippen LogP contribution < -0.4 is 14.4 Å². The van der Waals surface area contributed by atoms with Gasteiger partial charge in [0.2, 0.25) is 5.91 Å². The normalized spacial score (nSPS) is 13.3. The molecule has 3 aromatic rings. The molecule has 1 aliphatic rings. The Hall–Kier alpha value is -3.45. The third-order valence-corrected chi connectivity index (χ3v) is 6.16. The molecule has 0 aliphatic carbocycles. The van der Waals surface area contributed by atoms with Gasteiger partial charge in [-0.15, -0.1) is 11.3 Å². The molecule has 1 aliphatic heterocycles. The van der Waals surface area contributed by atoms with Crippen molar-refractivity contribution in [1.29, 1.82) is 0 Å². The molecule has 0 saturated carbocycles. The highest BCUT2D eigenvalue weighted by molar-refractivity contribution is 7.16. The van der Waals surface area contributed by atoms with Gasteiger partial charge >= 0.3 is 0 Å². The van der Waals surface area contributed by atoms with Crippen molar-refractivity contribution in [2.24, 2.45) is 4.99 Å². The fourth-order valence-corrected chi connectivity index (χ4v) is 4.49. The molecule has 7 heteroatoms. The summed E-state index contributed by atoms with van der Waals surface area (Å²) in [7, 11) is 3.20. The number of carbonyl (C=O) groups is 2. The molecule has 2 heterocycles. The maximum Gasteiger partial charge on any atom is 0.249 e. The maximum absolute atomic E-state index is 13.0. The van der Waals surface area contributed by atoms with E-state index in [4.69, 9.17) is 9.47 Å². The fourth-order valence-electron chi connectivity index (χ4n) is 3.47. The van der Waals surface area contributed by atoms with Crippen LogP contribution in [0.15, 0.2) is 59.6 Å². The summed E-state index contributed by atoms with van der Waals surface area (Å²) in [5.41, 5.74) is 3.04. The fraction of sp³-hybridized carbons (Fsp3) is 0.208. The van der Waals surface area contributed by atoms with E-state index in [0.717, 1.165) is 32.5 Å². The van der Waals surface area contributed by atoms with Gasteiger partial charge in [-0.1, -0.05) is 0 Å². The first-order chi connectivity index (χ1) is 15.0. The minimum Gasteiger partial charge on any atom is -0.497 e. The van der Waals surface area contributed by atoms with Crippen LogP contribution in [0.1, 0.15) is 26.4 Å². The Balaban J connectivity index is 1.67. The van der Waals surface area contributed by atoms with Gasteiger partial charge in [0.15, 0.2) is 5.78 Å². The van der Waals surface area contributed by atoms with E-state index in [1.807, 2.05) is 37.3 Å². The minimum atomic E-state index is -0.200. The molecule has 6 nitrogen and oxygen atoms in total. The van der Waals surface area contributed by atoms with Crippen LogP contribution in [0.3, 0.4) is 0 Å². The molecule has 0 saturated heterocycles. The van der Waals surface area contributed by atoms with Crippen LogP contribution in [0, 0.1) is 6.92 Å². The molecule has 0 unspecified atom stereocenters. The van der Waals surface area contributed by atoms with Gasteiger partial charge in [0.25, 0.3) is 0 Å². The van der Waals surface area contributed by atoms with Crippen molar-refractivity contribution in [2.75, 3.05) is 32.2 Å². The van der Waals surface area contributed by atoms with E-state index in [2.05, 4.69) is 4.99 Å². The van der Waals surface area contributed by atoms with Crippen molar-refractivity contribution in [3.8, 4) is 11.5 Å². The van der Waals surface area contributed by atoms with Crippen LogP contribution in [-0.2, 0) is 4.79 Å². The second-order valence-electron chi connectivity index (χ2n) is 7.10. The van der Waals surface area contributed by atoms with Gasteiger partial charge in [0.1, 0.15) is 23.0 Å². The number of carbonyl (C=O) groups excluding carboxylic acids is 2. The molecule has 158 valence electrons. The molecular weight excluding hydrogens is 412 g/mol. The number of hydrogen-bond donors (Lipinski definition) is 0. The van der Waals surface area contributed by atoms with Gasteiger partial charge < -0.3 is 9.47 Å². The van der Waals surface area contributed by atoms with Crippen molar-refractivity contribution in [1.82, 2.24) is 0 Å². The first-order valence-corrected chi connectivity index (χ1v) is 10.6. The summed E-state index contributed by atoms with van der Waals surface area (Å²) in [5, 5.41) is 0.747. The monoisotopic (exact) mass is 434 g/mol. The molecule has 0 bridgehead atoms. The smallest absolute Gasteiger partial charge is 0.249 e. The van der Waals surface area contributed by atoms with Crippen LogP contribution >= 0.6 is 11.3 Å². The Bertz CT molecular complexity index is 1150. The van der Waals surface area contributed by atoms with Gasteiger partial charge in [-0.3, -0.25) is 19.5 Å². The van der Waals surface area contributed by atoms with Crippen LogP contribution in [0.5, 0.6) is 11.5 Å². The number of rotatable bonds is 6. The Kier molecular flexibility index (Phi) is 5.86. The summed E-state index contributed by atoms with van der Waals surface area (Å²) < 4.78 is 10.4. The van der Waals surface area contributed by atoms with Crippen molar-refractivity contribution < 1.29 is 19.1 Å². The predicted molar refractivity (Wildman–Crippen MR) is 122 cm³/mol. The number of thiophene rings is 1. The van der Waals surface area contributed by atoms with E-state index in [1.54, 1.807) is 43.4 Å². The first-order valence-electron chi connectivity index (χ1n) is 9.77. The number of aliphatic imine (C=N–C) groups is 1. The third kappa shape index (κ3) is 4.22. The zero-order valence-electron chi connectivity index (χ0n) is 17.5. The van der Waals surface area contributed by atoms with Crippen molar-refractivity contribution in [2.45, 2.75) is 6.92 Å². The molecule has 0 fully saturated rings. The standard InChI is InChI=1S/C24H22N2O4S/c1-15-12-20-23(17-6-10-19(30-3)11-7-17)25-13-22(28)26(24(20)31-15)14-21(27)16-4-8-18(29-2)9-5-16/h4-12H,13-14H2,1-3H3. The molecule has 0 atom stereocenters. The second kappa shape index (κ2) is 8.73. The number of ether oxygens (including phenoxy) is 2. The van der Waals surface area contributed by atoms with E-state index in [-0.39, 0.29) is 24.8 Å². The Morgan fingerprint density at radius 2 is 1.65 bits per heavy atom. The summed E-state index contributed by atoms with van der Waals surface area (Å²) in [5.74, 6) is 1.09. The highest BCUT2D eigenvalue weighted by Crippen LogP contribution is 2.35. The number of Topliss-reactive ketones (excluding diaryl/α,β-unsaturated/α-hetero) is 1. The maximum atomic E-state index is 13.0. The number of amides is 1. The molecule has 2 aromatic carbocycles. The van der Waals surface area contributed by atoms with Gasteiger partial charge in [-0.25, -0.2) is 0 Å². The summed E-state index contributed by atoms with van der Waals surface area (Å²) in [6.07, 6.45) is 0. The molecular formula is C24H22N2O4S. The zero-order chi connectivity index (χ0) is 22.0. The Labute approximate surface area is 184 Å². The molecule has 1 aromatic heterocycles. The van der Waals surface area contributed by atoms with Gasteiger partial charge in [-0.2, -0.15) is 0 Å². The van der Waals surface area contributed by atoms with E-state index >= 15 is 0 Å². The lowest BCUT2D eigenvalue weighted by Crippen LogP contribution is -2.36. The number of methoxy groups -OCH3 is 2. The van der Waals surface area contributed by atoms with Gasteiger partial charge in [0.05, 0.1) is 26.5 Å². The third-order valence-electron chi connectivity index (χ3n) is 5.09. The summed E-state index contributed by atoms with van der Waals surface area (Å²) in [6, 6.07) is 16.5. The number of anilines is 1. The Morgan fingerprint density at radius 1 is 1.03 bits per heavy atom. The van der Waals surface area contributed by atoms with Gasteiger partial charge in [-0.05, 0) is 61.5 Å². The average molecular weight is 435 g/mol. The molecule has 31 heavy (non-hydrogen) atoms. The van der Waals surface area contributed by atoms with Crippen LogP contribution in [0.2, 0.25) is 0 Å². The van der Waals surface area contributed by atoms with Crippen molar-refractivity contribution in [3.05, 3.63) is 76.2 Å². The first kappa shape index (κ1) is 20.8.